The van der Waals surface area contributed by atoms with E-state index in [9.17, 15) is 4.79 Å². The molecule has 1 aliphatic heterocycles. The molecule has 26 heavy (non-hydrogen) atoms. The number of carbonyl (C=O) groups is 1. The molecule has 0 bridgehead atoms. The van der Waals surface area contributed by atoms with E-state index in [-0.39, 0.29) is 5.91 Å². The molecule has 1 amide bonds. The molecule has 0 radical (unpaired) electrons. The summed E-state index contributed by atoms with van der Waals surface area (Å²) in [6, 6.07) is 13.1. The first-order valence-corrected chi connectivity index (χ1v) is 9.21. The fourth-order valence-electron chi connectivity index (χ4n) is 3.37. The van der Waals surface area contributed by atoms with Gasteiger partial charge in [0.15, 0.2) is 11.5 Å². The summed E-state index contributed by atoms with van der Waals surface area (Å²) in [5.74, 6) is 2.22. The highest BCUT2D eigenvalue weighted by Gasteiger charge is 2.17. The van der Waals surface area contributed by atoms with Gasteiger partial charge in [0.05, 0.1) is 6.10 Å². The fraction of sp³-hybridized carbons (Fsp3) is 0.381. The van der Waals surface area contributed by atoms with E-state index in [0.717, 1.165) is 35.7 Å². The molecular formula is C21H23NO4. The maximum atomic E-state index is 12.4. The summed E-state index contributed by atoms with van der Waals surface area (Å²) in [5, 5.41) is 2.94. The van der Waals surface area contributed by atoms with Crippen molar-refractivity contribution in [3.05, 3.63) is 53.6 Å². The van der Waals surface area contributed by atoms with E-state index < -0.39 is 0 Å². The van der Waals surface area contributed by atoms with Crippen LogP contribution in [0.5, 0.6) is 17.2 Å². The molecule has 4 rings (SSSR count). The highest BCUT2D eigenvalue weighted by atomic mass is 16.6. The molecule has 0 atom stereocenters. The predicted molar refractivity (Wildman–Crippen MR) is 97.9 cm³/mol. The van der Waals surface area contributed by atoms with Crippen molar-refractivity contribution in [3.63, 3.8) is 0 Å². The number of benzene rings is 2. The average Bonchev–Trinajstić information content (AvgIpc) is 3.19. The van der Waals surface area contributed by atoms with E-state index in [2.05, 4.69) is 5.32 Å². The van der Waals surface area contributed by atoms with Crippen molar-refractivity contribution in [1.82, 2.24) is 5.32 Å². The van der Waals surface area contributed by atoms with Crippen molar-refractivity contribution in [2.45, 2.75) is 38.3 Å². The Morgan fingerprint density at radius 3 is 2.50 bits per heavy atom. The summed E-state index contributed by atoms with van der Waals surface area (Å²) < 4.78 is 17.0. The SMILES string of the molecule is O=C(NCc1ccc2c(c1)OCCO2)c1ccc(OC2CCCC2)cc1. The van der Waals surface area contributed by atoms with Crippen LogP contribution in [-0.2, 0) is 6.54 Å². The lowest BCUT2D eigenvalue weighted by molar-refractivity contribution is 0.0950. The minimum absolute atomic E-state index is 0.104. The van der Waals surface area contributed by atoms with E-state index in [1.165, 1.54) is 12.8 Å². The fourth-order valence-corrected chi connectivity index (χ4v) is 3.37. The summed E-state index contributed by atoms with van der Waals surface area (Å²) in [4.78, 5) is 12.4. The summed E-state index contributed by atoms with van der Waals surface area (Å²) in [7, 11) is 0. The van der Waals surface area contributed by atoms with Gasteiger partial charge in [0.2, 0.25) is 0 Å². The summed E-state index contributed by atoms with van der Waals surface area (Å²) in [5.41, 5.74) is 1.60. The standard InChI is InChI=1S/C21H23NO4/c23-21(16-6-8-18(9-7-16)26-17-3-1-2-4-17)22-14-15-5-10-19-20(13-15)25-12-11-24-19/h5-10,13,17H,1-4,11-12,14H2,(H,22,23). The Labute approximate surface area is 153 Å². The molecule has 0 aromatic heterocycles. The van der Waals surface area contributed by atoms with Crippen LogP contribution in [0.25, 0.3) is 0 Å². The van der Waals surface area contributed by atoms with Gasteiger partial charge in [0, 0.05) is 12.1 Å². The first-order chi connectivity index (χ1) is 12.8. The third-order valence-electron chi connectivity index (χ3n) is 4.78. The molecule has 2 aliphatic rings. The highest BCUT2D eigenvalue weighted by Crippen LogP contribution is 2.30. The Hall–Kier alpha value is -2.69. The molecule has 5 nitrogen and oxygen atoms in total. The number of nitrogens with one attached hydrogen (secondary N) is 1. The second-order valence-electron chi connectivity index (χ2n) is 6.71. The van der Waals surface area contributed by atoms with Crippen molar-refractivity contribution < 1.29 is 19.0 Å². The van der Waals surface area contributed by atoms with Crippen LogP contribution in [0.2, 0.25) is 0 Å². The van der Waals surface area contributed by atoms with Gasteiger partial charge in [0.25, 0.3) is 5.91 Å². The molecule has 2 aromatic rings. The third-order valence-corrected chi connectivity index (χ3v) is 4.78. The lowest BCUT2D eigenvalue weighted by atomic mass is 10.1. The van der Waals surface area contributed by atoms with E-state index in [1.807, 2.05) is 42.5 Å². The molecule has 5 heteroatoms. The van der Waals surface area contributed by atoms with Crippen LogP contribution in [0.1, 0.15) is 41.6 Å². The number of hydrogen-bond acceptors (Lipinski definition) is 4. The summed E-state index contributed by atoms with van der Waals surface area (Å²) >= 11 is 0. The van der Waals surface area contributed by atoms with Crippen molar-refractivity contribution in [2.75, 3.05) is 13.2 Å². The summed E-state index contributed by atoms with van der Waals surface area (Å²) in [6.07, 6.45) is 5.05. The molecule has 0 spiro atoms. The van der Waals surface area contributed by atoms with Crippen molar-refractivity contribution in [3.8, 4) is 17.2 Å². The monoisotopic (exact) mass is 353 g/mol. The van der Waals surface area contributed by atoms with E-state index in [1.54, 1.807) is 0 Å². The van der Waals surface area contributed by atoms with Crippen LogP contribution >= 0.6 is 0 Å². The third kappa shape index (κ3) is 3.93. The van der Waals surface area contributed by atoms with Crippen LogP contribution in [0.4, 0.5) is 0 Å². The van der Waals surface area contributed by atoms with Gasteiger partial charge in [0.1, 0.15) is 19.0 Å². The van der Waals surface area contributed by atoms with Gasteiger partial charge in [-0.15, -0.1) is 0 Å². The Kier molecular flexibility index (Phi) is 4.95. The molecule has 1 N–H and O–H groups in total. The zero-order valence-electron chi connectivity index (χ0n) is 14.7. The van der Waals surface area contributed by atoms with Crippen molar-refractivity contribution in [2.24, 2.45) is 0 Å². The zero-order valence-corrected chi connectivity index (χ0v) is 14.7. The van der Waals surface area contributed by atoms with Gasteiger partial charge in [-0.25, -0.2) is 0 Å². The molecule has 1 aliphatic carbocycles. The van der Waals surface area contributed by atoms with Crippen molar-refractivity contribution >= 4 is 5.91 Å². The Morgan fingerprint density at radius 1 is 1.00 bits per heavy atom. The average molecular weight is 353 g/mol. The molecule has 2 aromatic carbocycles. The molecule has 1 heterocycles. The van der Waals surface area contributed by atoms with Crippen LogP contribution < -0.4 is 19.5 Å². The minimum atomic E-state index is -0.104. The first kappa shape index (κ1) is 16.8. The Bertz CT molecular complexity index is 766. The van der Waals surface area contributed by atoms with E-state index in [4.69, 9.17) is 14.2 Å². The van der Waals surface area contributed by atoms with Gasteiger partial charge in [-0.05, 0) is 67.6 Å². The largest absolute Gasteiger partial charge is 0.490 e. The second-order valence-corrected chi connectivity index (χ2v) is 6.71. The lowest BCUT2D eigenvalue weighted by Crippen LogP contribution is -2.23. The van der Waals surface area contributed by atoms with Crippen LogP contribution in [0.15, 0.2) is 42.5 Å². The van der Waals surface area contributed by atoms with Gasteiger partial charge < -0.3 is 19.5 Å². The predicted octanol–water partition coefficient (Wildman–Crippen LogP) is 3.71. The molecule has 1 fully saturated rings. The number of amides is 1. The quantitative estimate of drug-likeness (QED) is 0.890. The molecule has 0 saturated heterocycles. The van der Waals surface area contributed by atoms with Crippen molar-refractivity contribution in [1.29, 1.82) is 0 Å². The molecule has 136 valence electrons. The minimum Gasteiger partial charge on any atom is -0.490 e. The van der Waals surface area contributed by atoms with Gasteiger partial charge in [-0.1, -0.05) is 6.07 Å². The van der Waals surface area contributed by atoms with Gasteiger partial charge >= 0.3 is 0 Å². The van der Waals surface area contributed by atoms with E-state index >= 15 is 0 Å². The zero-order chi connectivity index (χ0) is 17.8. The maximum absolute atomic E-state index is 12.4. The number of ether oxygens (including phenoxy) is 3. The first-order valence-electron chi connectivity index (χ1n) is 9.21. The van der Waals surface area contributed by atoms with Gasteiger partial charge in [-0.2, -0.15) is 0 Å². The Balaban J connectivity index is 1.33. The molecule has 0 unspecified atom stereocenters. The number of carbonyl (C=O) groups excluding carboxylic acids is 1. The number of rotatable bonds is 5. The second kappa shape index (κ2) is 7.68. The van der Waals surface area contributed by atoms with E-state index in [0.29, 0.717) is 31.4 Å². The summed E-state index contributed by atoms with van der Waals surface area (Å²) in [6.45, 7) is 1.57. The smallest absolute Gasteiger partial charge is 0.251 e. The lowest BCUT2D eigenvalue weighted by Gasteiger charge is -2.19. The topological polar surface area (TPSA) is 56.8 Å². The molecular weight excluding hydrogens is 330 g/mol. The van der Waals surface area contributed by atoms with Crippen LogP contribution in [0, 0.1) is 0 Å². The van der Waals surface area contributed by atoms with Crippen LogP contribution in [-0.4, -0.2) is 25.2 Å². The van der Waals surface area contributed by atoms with Crippen LogP contribution in [0.3, 0.4) is 0 Å². The normalized spacial score (nSPS) is 16.3. The maximum Gasteiger partial charge on any atom is 0.251 e. The van der Waals surface area contributed by atoms with Gasteiger partial charge in [-0.3, -0.25) is 4.79 Å². The number of fused-ring (bicyclic) bond motifs is 1. The number of hydrogen-bond donors (Lipinski definition) is 1. The Morgan fingerprint density at radius 2 is 1.73 bits per heavy atom. The molecule has 1 saturated carbocycles. The highest BCUT2D eigenvalue weighted by molar-refractivity contribution is 5.94.